The van der Waals surface area contributed by atoms with Crippen LogP contribution in [0.15, 0.2) is 6.20 Å². The first-order valence-electron chi connectivity index (χ1n) is 3.40. The summed E-state index contributed by atoms with van der Waals surface area (Å²) in [6, 6.07) is 0. The largest absolute Gasteiger partial charge is 0.374 e. The Morgan fingerprint density at radius 2 is 2.55 bits per heavy atom. The third-order valence-corrected chi connectivity index (χ3v) is 1.82. The zero-order chi connectivity index (χ0) is 8.27. The maximum absolute atomic E-state index is 5.58. The number of ether oxygens (including phenoxy) is 1. The molecule has 0 saturated carbocycles. The zero-order valence-electron chi connectivity index (χ0n) is 6.60. The molecule has 11 heavy (non-hydrogen) atoms. The quantitative estimate of drug-likeness (QED) is 0.711. The van der Waals surface area contributed by atoms with Crippen molar-refractivity contribution in [3.05, 3.63) is 17.7 Å². The van der Waals surface area contributed by atoms with E-state index >= 15 is 0 Å². The zero-order valence-corrected chi connectivity index (χ0v) is 7.35. The van der Waals surface area contributed by atoms with Crippen molar-refractivity contribution in [2.45, 2.75) is 18.9 Å². The van der Waals surface area contributed by atoms with E-state index in [1.807, 2.05) is 6.92 Å². The fraction of sp³-hybridized carbons (Fsp3) is 0.571. The lowest BCUT2D eigenvalue weighted by molar-refractivity contribution is 0.112. The number of hydrogen-bond acceptors (Lipinski definition) is 2. The lowest BCUT2D eigenvalue weighted by Crippen LogP contribution is -1.97. The van der Waals surface area contributed by atoms with Gasteiger partial charge in [0, 0.05) is 19.0 Å². The smallest absolute Gasteiger partial charge is 0.135 e. The van der Waals surface area contributed by atoms with Gasteiger partial charge < -0.3 is 9.72 Å². The maximum atomic E-state index is 5.58. The number of aromatic amines is 1. The van der Waals surface area contributed by atoms with E-state index in [1.54, 1.807) is 13.3 Å². The molecule has 0 bridgehead atoms. The van der Waals surface area contributed by atoms with Crippen molar-refractivity contribution in [3.8, 4) is 0 Å². The van der Waals surface area contributed by atoms with Gasteiger partial charge in [0.25, 0.3) is 0 Å². The van der Waals surface area contributed by atoms with Crippen LogP contribution in [0.1, 0.15) is 24.5 Å². The molecule has 3 nitrogen and oxygen atoms in total. The number of imidazole rings is 1. The Hall–Kier alpha value is -0.540. The lowest BCUT2D eigenvalue weighted by atomic mass is 10.4. The lowest BCUT2D eigenvalue weighted by Gasteiger charge is -2.03. The fourth-order valence-corrected chi connectivity index (χ4v) is 0.898. The third kappa shape index (κ3) is 1.94. The molecular formula is C7H11ClN2O. The number of methoxy groups -OCH3 is 1. The molecular weight excluding hydrogens is 164 g/mol. The summed E-state index contributed by atoms with van der Waals surface area (Å²) in [5.74, 6) is 1.28. The highest BCUT2D eigenvalue weighted by Crippen LogP contribution is 2.11. The van der Waals surface area contributed by atoms with Crippen molar-refractivity contribution in [2.75, 3.05) is 7.11 Å². The molecule has 0 radical (unpaired) electrons. The van der Waals surface area contributed by atoms with E-state index < -0.39 is 0 Å². The molecule has 62 valence electrons. The number of H-pyrrole nitrogens is 1. The minimum atomic E-state index is 0.00645. The van der Waals surface area contributed by atoms with Crippen LogP contribution in [-0.2, 0) is 10.6 Å². The summed E-state index contributed by atoms with van der Waals surface area (Å²) in [6.07, 6.45) is 1.73. The SMILES string of the molecule is COC(C)c1ncc(CCl)[nH]1. The van der Waals surface area contributed by atoms with Gasteiger partial charge in [-0.3, -0.25) is 0 Å². The predicted molar refractivity (Wildman–Crippen MR) is 43.6 cm³/mol. The van der Waals surface area contributed by atoms with E-state index in [2.05, 4.69) is 9.97 Å². The minimum absolute atomic E-state index is 0.00645. The van der Waals surface area contributed by atoms with E-state index in [9.17, 15) is 0 Å². The van der Waals surface area contributed by atoms with Crippen LogP contribution >= 0.6 is 11.6 Å². The van der Waals surface area contributed by atoms with Crippen molar-refractivity contribution in [2.24, 2.45) is 0 Å². The molecule has 0 aliphatic heterocycles. The molecule has 0 aliphatic rings. The van der Waals surface area contributed by atoms with E-state index in [-0.39, 0.29) is 6.10 Å². The van der Waals surface area contributed by atoms with Crippen molar-refractivity contribution >= 4 is 11.6 Å². The molecule has 4 heteroatoms. The third-order valence-electron chi connectivity index (χ3n) is 1.53. The number of nitrogens with one attached hydrogen (secondary N) is 1. The molecule has 1 heterocycles. The van der Waals surface area contributed by atoms with Crippen LogP contribution in [-0.4, -0.2) is 17.1 Å². The van der Waals surface area contributed by atoms with Crippen LogP contribution in [0.5, 0.6) is 0 Å². The standard InChI is InChI=1S/C7H11ClN2O/c1-5(11-2)7-9-4-6(3-8)10-7/h4-5H,3H2,1-2H3,(H,9,10). The summed E-state index contributed by atoms with van der Waals surface area (Å²) >= 11 is 5.58. The van der Waals surface area contributed by atoms with Crippen LogP contribution in [0.4, 0.5) is 0 Å². The van der Waals surface area contributed by atoms with Gasteiger partial charge in [-0.05, 0) is 6.92 Å². The Bertz CT molecular complexity index is 224. The molecule has 0 aliphatic carbocycles. The van der Waals surface area contributed by atoms with E-state index in [0.29, 0.717) is 5.88 Å². The Morgan fingerprint density at radius 3 is 3.00 bits per heavy atom. The highest BCUT2D eigenvalue weighted by Gasteiger charge is 2.06. The average Bonchev–Trinajstić information content (AvgIpc) is 2.50. The number of rotatable bonds is 3. The topological polar surface area (TPSA) is 37.9 Å². The average molecular weight is 175 g/mol. The molecule has 0 amide bonds. The summed E-state index contributed by atoms with van der Waals surface area (Å²) in [5, 5.41) is 0. The van der Waals surface area contributed by atoms with Gasteiger partial charge in [-0.25, -0.2) is 4.98 Å². The molecule has 0 saturated heterocycles. The second kappa shape index (κ2) is 3.74. The maximum Gasteiger partial charge on any atom is 0.135 e. The molecule has 1 unspecified atom stereocenters. The van der Waals surface area contributed by atoms with Gasteiger partial charge in [0.05, 0.1) is 5.88 Å². The Morgan fingerprint density at radius 1 is 1.82 bits per heavy atom. The molecule has 1 aromatic rings. The number of aromatic nitrogens is 2. The van der Waals surface area contributed by atoms with Gasteiger partial charge in [-0.15, -0.1) is 11.6 Å². The monoisotopic (exact) mass is 174 g/mol. The first-order chi connectivity index (χ1) is 5.27. The molecule has 0 spiro atoms. The summed E-state index contributed by atoms with van der Waals surface area (Å²) in [6.45, 7) is 1.93. The molecule has 0 fully saturated rings. The van der Waals surface area contributed by atoms with Crippen molar-refractivity contribution in [3.63, 3.8) is 0 Å². The number of alkyl halides is 1. The van der Waals surface area contributed by atoms with Crippen LogP contribution in [0, 0.1) is 0 Å². The first kappa shape index (κ1) is 8.56. The van der Waals surface area contributed by atoms with Crippen LogP contribution < -0.4 is 0 Å². The molecule has 1 atom stereocenters. The first-order valence-corrected chi connectivity index (χ1v) is 3.94. The van der Waals surface area contributed by atoms with Gasteiger partial charge in [0.15, 0.2) is 0 Å². The van der Waals surface area contributed by atoms with Gasteiger partial charge in [-0.1, -0.05) is 0 Å². The summed E-state index contributed by atoms with van der Waals surface area (Å²) < 4.78 is 5.06. The second-order valence-electron chi connectivity index (χ2n) is 2.31. The van der Waals surface area contributed by atoms with Crippen LogP contribution in [0.25, 0.3) is 0 Å². The summed E-state index contributed by atoms with van der Waals surface area (Å²) in [7, 11) is 1.65. The number of halogens is 1. The van der Waals surface area contributed by atoms with Gasteiger partial charge >= 0.3 is 0 Å². The van der Waals surface area contributed by atoms with Gasteiger partial charge in [-0.2, -0.15) is 0 Å². The highest BCUT2D eigenvalue weighted by molar-refractivity contribution is 6.16. The minimum Gasteiger partial charge on any atom is -0.374 e. The molecule has 1 aromatic heterocycles. The van der Waals surface area contributed by atoms with Crippen LogP contribution in [0.3, 0.4) is 0 Å². The summed E-state index contributed by atoms with van der Waals surface area (Å²) in [4.78, 5) is 7.14. The normalized spacial score (nSPS) is 13.4. The number of hydrogen-bond donors (Lipinski definition) is 1. The van der Waals surface area contributed by atoms with Crippen molar-refractivity contribution in [1.29, 1.82) is 0 Å². The van der Waals surface area contributed by atoms with Gasteiger partial charge in [0.1, 0.15) is 11.9 Å². The second-order valence-corrected chi connectivity index (χ2v) is 2.57. The molecule has 0 aromatic carbocycles. The van der Waals surface area contributed by atoms with E-state index in [1.165, 1.54) is 0 Å². The Balaban J connectivity index is 2.71. The number of nitrogens with zero attached hydrogens (tertiary/aromatic N) is 1. The highest BCUT2D eigenvalue weighted by atomic mass is 35.5. The van der Waals surface area contributed by atoms with Crippen molar-refractivity contribution in [1.82, 2.24) is 9.97 Å². The van der Waals surface area contributed by atoms with Crippen molar-refractivity contribution < 1.29 is 4.74 Å². The van der Waals surface area contributed by atoms with E-state index in [0.717, 1.165) is 11.5 Å². The molecule has 1 rings (SSSR count). The predicted octanol–water partition coefficient (Wildman–Crippen LogP) is 1.86. The van der Waals surface area contributed by atoms with Gasteiger partial charge in [0.2, 0.25) is 0 Å². The van der Waals surface area contributed by atoms with Crippen LogP contribution in [0.2, 0.25) is 0 Å². The molecule has 1 N–H and O–H groups in total. The van der Waals surface area contributed by atoms with E-state index in [4.69, 9.17) is 16.3 Å². The fourth-order valence-electron chi connectivity index (χ4n) is 0.763. The Kier molecular flexibility index (Phi) is 2.91. The Labute approximate surface area is 70.7 Å². The summed E-state index contributed by atoms with van der Waals surface area (Å²) in [5.41, 5.74) is 0.922.